The number of anilines is 1. The van der Waals surface area contributed by atoms with Gasteiger partial charge in [-0.2, -0.15) is 0 Å². The Kier molecular flexibility index (Phi) is 4.96. The molecule has 1 aliphatic carbocycles. The Bertz CT molecular complexity index is 480. The van der Waals surface area contributed by atoms with Crippen LogP contribution in [-0.4, -0.2) is 22.6 Å². The standard InChI is InChI=1S/C14H20N2O2S/c1-10-12(9-13(17)18)19-14(16-10)15-8-7-11-5-3-2-4-6-11/h5H,2-4,6-9H2,1H3,(H,15,16)(H,17,18). The Balaban J connectivity index is 1.82. The molecule has 4 nitrogen and oxygen atoms in total. The summed E-state index contributed by atoms with van der Waals surface area (Å²) in [4.78, 5) is 15.9. The van der Waals surface area contributed by atoms with Crippen molar-refractivity contribution < 1.29 is 9.90 Å². The van der Waals surface area contributed by atoms with E-state index in [-0.39, 0.29) is 6.42 Å². The van der Waals surface area contributed by atoms with Crippen LogP contribution in [0.15, 0.2) is 11.6 Å². The smallest absolute Gasteiger partial charge is 0.308 e. The third kappa shape index (κ3) is 4.35. The third-order valence-corrected chi connectivity index (χ3v) is 4.43. The Labute approximate surface area is 117 Å². The lowest BCUT2D eigenvalue weighted by atomic mass is 9.97. The number of aryl methyl sites for hydroxylation is 1. The maximum Gasteiger partial charge on any atom is 0.308 e. The summed E-state index contributed by atoms with van der Waals surface area (Å²) < 4.78 is 0. The van der Waals surface area contributed by atoms with Gasteiger partial charge in [0.2, 0.25) is 0 Å². The van der Waals surface area contributed by atoms with E-state index in [1.165, 1.54) is 42.6 Å². The van der Waals surface area contributed by atoms with E-state index in [4.69, 9.17) is 5.11 Å². The first-order valence-electron chi connectivity index (χ1n) is 6.75. The minimum Gasteiger partial charge on any atom is -0.481 e. The molecule has 1 heterocycles. The molecule has 0 aliphatic heterocycles. The molecule has 0 fully saturated rings. The number of rotatable bonds is 6. The van der Waals surface area contributed by atoms with E-state index in [0.29, 0.717) is 0 Å². The second-order valence-corrected chi connectivity index (χ2v) is 5.97. The molecule has 5 heteroatoms. The summed E-state index contributed by atoms with van der Waals surface area (Å²) in [5.41, 5.74) is 2.37. The summed E-state index contributed by atoms with van der Waals surface area (Å²) >= 11 is 1.45. The van der Waals surface area contributed by atoms with E-state index < -0.39 is 5.97 Å². The number of carboxylic acids is 1. The molecule has 0 saturated heterocycles. The van der Waals surface area contributed by atoms with Gasteiger partial charge in [0.15, 0.2) is 5.13 Å². The van der Waals surface area contributed by atoms with Crippen molar-refractivity contribution in [3.8, 4) is 0 Å². The number of aromatic nitrogens is 1. The van der Waals surface area contributed by atoms with E-state index in [1.807, 2.05) is 6.92 Å². The zero-order valence-corrected chi connectivity index (χ0v) is 12.1. The Hall–Kier alpha value is -1.36. The number of nitrogens with zero attached hydrogens (tertiary/aromatic N) is 1. The summed E-state index contributed by atoms with van der Waals surface area (Å²) in [5, 5.41) is 12.9. The molecule has 0 radical (unpaired) electrons. The van der Waals surface area contributed by atoms with E-state index in [0.717, 1.165) is 28.7 Å². The fourth-order valence-corrected chi connectivity index (χ4v) is 3.25. The molecular weight excluding hydrogens is 260 g/mol. The van der Waals surface area contributed by atoms with E-state index in [2.05, 4.69) is 16.4 Å². The normalized spacial score (nSPS) is 15.1. The summed E-state index contributed by atoms with van der Waals surface area (Å²) in [6.07, 6.45) is 8.56. The number of nitrogens with one attached hydrogen (secondary N) is 1. The number of carbonyl (C=O) groups is 1. The van der Waals surface area contributed by atoms with Crippen LogP contribution < -0.4 is 5.32 Å². The van der Waals surface area contributed by atoms with Crippen LogP contribution in [0.3, 0.4) is 0 Å². The third-order valence-electron chi connectivity index (χ3n) is 3.31. The highest BCUT2D eigenvalue weighted by atomic mass is 32.1. The van der Waals surface area contributed by atoms with Crippen molar-refractivity contribution >= 4 is 22.4 Å². The van der Waals surface area contributed by atoms with E-state index in [9.17, 15) is 4.79 Å². The molecule has 19 heavy (non-hydrogen) atoms. The van der Waals surface area contributed by atoms with Gasteiger partial charge in [0.1, 0.15) is 0 Å². The predicted molar refractivity (Wildman–Crippen MR) is 77.8 cm³/mol. The van der Waals surface area contributed by atoms with Crippen LogP contribution in [0.25, 0.3) is 0 Å². The molecule has 104 valence electrons. The molecule has 1 aromatic heterocycles. The van der Waals surface area contributed by atoms with Crippen molar-refractivity contribution in [1.82, 2.24) is 4.98 Å². The van der Waals surface area contributed by atoms with Crippen molar-refractivity contribution in [1.29, 1.82) is 0 Å². The minimum atomic E-state index is -0.800. The van der Waals surface area contributed by atoms with Crippen molar-refractivity contribution in [3.05, 3.63) is 22.2 Å². The number of hydrogen-bond acceptors (Lipinski definition) is 4. The van der Waals surface area contributed by atoms with Crippen molar-refractivity contribution in [3.63, 3.8) is 0 Å². The van der Waals surface area contributed by atoms with Crippen LogP contribution in [0.5, 0.6) is 0 Å². The number of carboxylic acid groups (broad SMARTS) is 1. The van der Waals surface area contributed by atoms with Gasteiger partial charge in [-0.3, -0.25) is 4.79 Å². The topological polar surface area (TPSA) is 62.2 Å². The van der Waals surface area contributed by atoms with E-state index >= 15 is 0 Å². The molecule has 1 aromatic rings. The van der Waals surface area contributed by atoms with Gasteiger partial charge in [-0.15, -0.1) is 11.3 Å². The quantitative estimate of drug-likeness (QED) is 0.784. The Morgan fingerprint density at radius 1 is 1.53 bits per heavy atom. The summed E-state index contributed by atoms with van der Waals surface area (Å²) in [6, 6.07) is 0. The maximum atomic E-state index is 10.7. The predicted octanol–water partition coefficient (Wildman–Crippen LogP) is 3.38. The van der Waals surface area contributed by atoms with E-state index in [1.54, 1.807) is 0 Å². The van der Waals surface area contributed by atoms with Gasteiger partial charge in [0, 0.05) is 11.4 Å². The van der Waals surface area contributed by atoms with Crippen LogP contribution in [0, 0.1) is 6.92 Å². The maximum absolute atomic E-state index is 10.7. The van der Waals surface area contributed by atoms with Crippen LogP contribution in [0.2, 0.25) is 0 Å². The zero-order chi connectivity index (χ0) is 13.7. The minimum absolute atomic E-state index is 0.0658. The molecule has 0 bridgehead atoms. The molecule has 0 amide bonds. The molecule has 2 N–H and O–H groups in total. The summed E-state index contributed by atoms with van der Waals surface area (Å²) in [5.74, 6) is -0.800. The largest absolute Gasteiger partial charge is 0.481 e. The van der Waals surface area contributed by atoms with Gasteiger partial charge in [0.05, 0.1) is 12.1 Å². The van der Waals surface area contributed by atoms with Gasteiger partial charge in [0.25, 0.3) is 0 Å². The highest BCUT2D eigenvalue weighted by Crippen LogP contribution is 2.24. The lowest BCUT2D eigenvalue weighted by Gasteiger charge is -2.12. The molecule has 2 rings (SSSR count). The SMILES string of the molecule is Cc1nc(NCCC2=CCCCC2)sc1CC(=O)O. The van der Waals surface area contributed by atoms with Crippen molar-refractivity contribution in [2.75, 3.05) is 11.9 Å². The second-order valence-electron chi connectivity index (χ2n) is 4.88. The zero-order valence-electron chi connectivity index (χ0n) is 11.2. The van der Waals surface area contributed by atoms with Gasteiger partial charge in [-0.25, -0.2) is 4.98 Å². The van der Waals surface area contributed by atoms with Gasteiger partial charge < -0.3 is 10.4 Å². The van der Waals surface area contributed by atoms with Crippen LogP contribution in [0.1, 0.15) is 42.7 Å². The number of aliphatic carboxylic acids is 1. The average molecular weight is 280 g/mol. The summed E-state index contributed by atoms with van der Waals surface area (Å²) in [7, 11) is 0. The van der Waals surface area contributed by atoms with Gasteiger partial charge in [-0.05, 0) is 39.0 Å². The number of thiazole rings is 1. The number of allylic oxidation sites excluding steroid dienone is 1. The molecule has 0 spiro atoms. The fraction of sp³-hybridized carbons (Fsp3) is 0.571. The van der Waals surface area contributed by atoms with Gasteiger partial charge >= 0.3 is 5.97 Å². The van der Waals surface area contributed by atoms with Gasteiger partial charge in [-0.1, -0.05) is 11.6 Å². The first kappa shape index (κ1) is 14.1. The fourth-order valence-electron chi connectivity index (χ4n) is 2.27. The molecule has 0 saturated carbocycles. The lowest BCUT2D eigenvalue weighted by molar-refractivity contribution is -0.136. The second kappa shape index (κ2) is 6.70. The monoisotopic (exact) mass is 280 g/mol. The summed E-state index contributed by atoms with van der Waals surface area (Å²) in [6.45, 7) is 2.74. The highest BCUT2D eigenvalue weighted by molar-refractivity contribution is 7.15. The Morgan fingerprint density at radius 3 is 3.05 bits per heavy atom. The first-order valence-corrected chi connectivity index (χ1v) is 7.56. The van der Waals surface area contributed by atoms with Crippen LogP contribution >= 0.6 is 11.3 Å². The average Bonchev–Trinajstić information content (AvgIpc) is 2.70. The molecular formula is C14H20N2O2S. The lowest BCUT2D eigenvalue weighted by Crippen LogP contribution is -2.04. The molecule has 0 aromatic carbocycles. The Morgan fingerprint density at radius 2 is 2.37 bits per heavy atom. The number of hydrogen-bond donors (Lipinski definition) is 2. The molecule has 0 atom stereocenters. The first-order chi connectivity index (χ1) is 9.15. The highest BCUT2D eigenvalue weighted by Gasteiger charge is 2.11. The molecule has 0 unspecified atom stereocenters. The van der Waals surface area contributed by atoms with Crippen LogP contribution in [0.4, 0.5) is 5.13 Å². The van der Waals surface area contributed by atoms with Crippen LogP contribution in [-0.2, 0) is 11.2 Å². The molecule has 1 aliphatic rings. The van der Waals surface area contributed by atoms with Crippen molar-refractivity contribution in [2.24, 2.45) is 0 Å². The van der Waals surface area contributed by atoms with Crippen molar-refractivity contribution in [2.45, 2.75) is 45.4 Å².